The van der Waals surface area contributed by atoms with Crippen LogP contribution >= 0.6 is 0 Å². The molecule has 0 saturated heterocycles. The van der Waals surface area contributed by atoms with Gasteiger partial charge in [-0.3, -0.25) is 4.99 Å². The van der Waals surface area contributed by atoms with Crippen LogP contribution in [0.25, 0.3) is 0 Å². The number of aromatic nitrogens is 1. The monoisotopic (exact) mass is 366 g/mol. The molecule has 5 nitrogen and oxygen atoms in total. The predicted molar refractivity (Wildman–Crippen MR) is 108 cm³/mol. The van der Waals surface area contributed by atoms with Gasteiger partial charge >= 0.3 is 0 Å². The summed E-state index contributed by atoms with van der Waals surface area (Å²) in [6, 6.07) is 8.97. The summed E-state index contributed by atoms with van der Waals surface area (Å²) >= 11 is 0. The van der Waals surface area contributed by atoms with Crippen molar-refractivity contribution >= 4 is 5.96 Å². The van der Waals surface area contributed by atoms with E-state index in [1.165, 1.54) is 18.4 Å². The van der Waals surface area contributed by atoms with Gasteiger partial charge in [0.1, 0.15) is 5.76 Å². The Balaban J connectivity index is 1.33. The number of benzene rings is 1. The number of fused-ring (bicyclic) bond motifs is 3. The van der Waals surface area contributed by atoms with Crippen molar-refractivity contribution in [1.82, 2.24) is 15.8 Å². The van der Waals surface area contributed by atoms with Gasteiger partial charge in [0.2, 0.25) is 0 Å². The van der Waals surface area contributed by atoms with Crippen LogP contribution in [-0.4, -0.2) is 24.7 Å². The lowest BCUT2D eigenvalue weighted by atomic mass is 9.92. The first-order chi connectivity index (χ1) is 13.3. The van der Waals surface area contributed by atoms with Crippen LogP contribution in [0.4, 0.5) is 0 Å². The third-order valence-electron chi connectivity index (χ3n) is 6.26. The van der Waals surface area contributed by atoms with E-state index in [1.807, 2.05) is 7.05 Å². The third-order valence-corrected chi connectivity index (χ3v) is 6.26. The summed E-state index contributed by atoms with van der Waals surface area (Å²) in [5.74, 6) is 4.12. The van der Waals surface area contributed by atoms with E-state index in [2.05, 4.69) is 58.9 Å². The summed E-state index contributed by atoms with van der Waals surface area (Å²) < 4.78 is 5.46. The van der Waals surface area contributed by atoms with Crippen LogP contribution in [0, 0.1) is 11.8 Å². The number of aryl methyl sites for hydroxylation is 3. The van der Waals surface area contributed by atoms with Gasteiger partial charge in [-0.25, -0.2) is 0 Å². The van der Waals surface area contributed by atoms with E-state index in [9.17, 15) is 0 Å². The van der Waals surface area contributed by atoms with Crippen LogP contribution in [0.2, 0.25) is 0 Å². The van der Waals surface area contributed by atoms with E-state index in [4.69, 9.17) is 4.52 Å². The molecule has 27 heavy (non-hydrogen) atoms. The summed E-state index contributed by atoms with van der Waals surface area (Å²) in [6.45, 7) is 5.90. The van der Waals surface area contributed by atoms with Crippen LogP contribution < -0.4 is 10.6 Å². The first-order valence-corrected chi connectivity index (χ1v) is 10.2. The number of hydrogen-bond acceptors (Lipinski definition) is 3. The summed E-state index contributed by atoms with van der Waals surface area (Å²) in [4.78, 5) is 4.40. The lowest BCUT2D eigenvalue weighted by molar-refractivity contribution is 0.380. The van der Waals surface area contributed by atoms with Crippen molar-refractivity contribution in [3.63, 3.8) is 0 Å². The fourth-order valence-electron chi connectivity index (χ4n) is 4.73. The molecule has 0 spiro atoms. The molecule has 0 amide bonds. The maximum Gasteiger partial charge on any atom is 0.191 e. The Morgan fingerprint density at radius 2 is 2.07 bits per heavy atom. The van der Waals surface area contributed by atoms with E-state index in [0.29, 0.717) is 6.54 Å². The zero-order valence-corrected chi connectivity index (χ0v) is 16.6. The molecule has 2 N–H and O–H groups in total. The smallest absolute Gasteiger partial charge is 0.191 e. The molecule has 1 saturated carbocycles. The van der Waals surface area contributed by atoms with Gasteiger partial charge in [0, 0.05) is 32.1 Å². The highest BCUT2D eigenvalue weighted by Gasteiger charge is 2.52. The highest BCUT2D eigenvalue weighted by atomic mass is 16.5. The van der Waals surface area contributed by atoms with Crippen molar-refractivity contribution in [2.75, 3.05) is 13.6 Å². The number of guanidine groups is 1. The SMILES string of the molecule is CCc1noc(CC)c1CNC(=NC)NCC1C2CCc3ccccc3C21. The molecule has 1 fully saturated rings. The van der Waals surface area contributed by atoms with Gasteiger partial charge in [-0.1, -0.05) is 43.3 Å². The van der Waals surface area contributed by atoms with Crippen molar-refractivity contribution < 1.29 is 4.52 Å². The molecule has 2 aromatic rings. The summed E-state index contributed by atoms with van der Waals surface area (Å²) in [5, 5.41) is 11.2. The fraction of sp³-hybridized carbons (Fsp3) is 0.545. The molecule has 0 radical (unpaired) electrons. The topological polar surface area (TPSA) is 62.5 Å². The van der Waals surface area contributed by atoms with E-state index >= 15 is 0 Å². The molecule has 2 aliphatic rings. The zero-order valence-electron chi connectivity index (χ0n) is 16.6. The Bertz CT molecular complexity index is 804. The van der Waals surface area contributed by atoms with Crippen LogP contribution in [0.15, 0.2) is 33.8 Å². The lowest BCUT2D eigenvalue weighted by Gasteiger charge is -2.13. The molecular weight excluding hydrogens is 336 g/mol. The summed E-state index contributed by atoms with van der Waals surface area (Å²) in [5.41, 5.74) is 5.35. The second-order valence-corrected chi connectivity index (χ2v) is 7.64. The van der Waals surface area contributed by atoms with Gasteiger partial charge in [-0.05, 0) is 48.1 Å². The van der Waals surface area contributed by atoms with Crippen LogP contribution in [-0.2, 0) is 25.8 Å². The molecule has 144 valence electrons. The highest BCUT2D eigenvalue weighted by Crippen LogP contribution is 2.59. The number of hydrogen-bond donors (Lipinski definition) is 2. The van der Waals surface area contributed by atoms with Gasteiger partial charge in [0.15, 0.2) is 5.96 Å². The van der Waals surface area contributed by atoms with E-state index in [-0.39, 0.29) is 0 Å². The first kappa shape index (κ1) is 18.1. The Hall–Kier alpha value is -2.30. The summed E-state index contributed by atoms with van der Waals surface area (Å²) in [7, 11) is 1.83. The maximum atomic E-state index is 5.46. The Morgan fingerprint density at radius 3 is 2.85 bits per heavy atom. The van der Waals surface area contributed by atoms with E-state index in [1.54, 1.807) is 11.1 Å². The molecule has 3 atom stereocenters. The third kappa shape index (κ3) is 3.47. The largest absolute Gasteiger partial charge is 0.361 e. The fourth-order valence-corrected chi connectivity index (χ4v) is 4.73. The maximum absolute atomic E-state index is 5.46. The number of nitrogens with zero attached hydrogens (tertiary/aromatic N) is 2. The molecule has 0 bridgehead atoms. The van der Waals surface area contributed by atoms with Crippen molar-refractivity contribution in [2.24, 2.45) is 16.8 Å². The molecule has 3 unspecified atom stereocenters. The van der Waals surface area contributed by atoms with Crippen LogP contribution in [0.3, 0.4) is 0 Å². The van der Waals surface area contributed by atoms with E-state index in [0.717, 1.165) is 54.6 Å². The molecule has 1 aromatic carbocycles. The molecule has 5 heteroatoms. The van der Waals surface area contributed by atoms with Gasteiger partial charge < -0.3 is 15.2 Å². The van der Waals surface area contributed by atoms with Crippen LogP contribution in [0.5, 0.6) is 0 Å². The first-order valence-electron chi connectivity index (χ1n) is 10.2. The van der Waals surface area contributed by atoms with Gasteiger partial charge in [0.05, 0.1) is 5.69 Å². The average Bonchev–Trinajstić information content (AvgIpc) is 3.29. The minimum absolute atomic E-state index is 0.704. The second-order valence-electron chi connectivity index (χ2n) is 7.64. The number of aliphatic imine (C=N–C) groups is 1. The normalized spacial score (nSPS) is 23.5. The second kappa shape index (κ2) is 7.75. The molecule has 4 rings (SSSR count). The molecule has 1 aromatic heterocycles. The Kier molecular flexibility index (Phi) is 5.19. The number of rotatable bonds is 6. The average molecular weight is 367 g/mol. The molecular formula is C22H30N4O. The standard InChI is InChI=1S/C22H30N4O/c1-4-19-18(20(5-2)27-26-19)13-25-22(23-3)24-12-17-16-11-10-14-8-6-7-9-15(14)21(16)17/h6-9,16-17,21H,4-5,10-13H2,1-3H3,(H2,23,24,25). The minimum Gasteiger partial charge on any atom is -0.361 e. The van der Waals surface area contributed by atoms with Crippen molar-refractivity contribution in [3.8, 4) is 0 Å². The Morgan fingerprint density at radius 1 is 1.22 bits per heavy atom. The van der Waals surface area contributed by atoms with Gasteiger partial charge in [-0.15, -0.1) is 0 Å². The Labute approximate surface area is 161 Å². The van der Waals surface area contributed by atoms with Crippen molar-refractivity contribution in [2.45, 2.75) is 52.0 Å². The van der Waals surface area contributed by atoms with Gasteiger partial charge in [-0.2, -0.15) is 0 Å². The zero-order chi connectivity index (χ0) is 18.8. The summed E-state index contributed by atoms with van der Waals surface area (Å²) in [6.07, 6.45) is 4.30. The van der Waals surface area contributed by atoms with Crippen LogP contribution in [0.1, 0.15) is 54.3 Å². The van der Waals surface area contributed by atoms with E-state index < -0.39 is 0 Å². The molecule has 2 aliphatic carbocycles. The van der Waals surface area contributed by atoms with Gasteiger partial charge in [0.25, 0.3) is 0 Å². The molecule has 1 heterocycles. The highest BCUT2D eigenvalue weighted by molar-refractivity contribution is 5.79. The quantitative estimate of drug-likeness (QED) is 0.607. The predicted octanol–water partition coefficient (Wildman–Crippen LogP) is 3.44. The number of nitrogens with one attached hydrogen (secondary N) is 2. The lowest BCUT2D eigenvalue weighted by Crippen LogP contribution is -2.38. The van der Waals surface area contributed by atoms with Crippen molar-refractivity contribution in [1.29, 1.82) is 0 Å². The minimum atomic E-state index is 0.704. The molecule has 0 aliphatic heterocycles. The van der Waals surface area contributed by atoms with Crippen molar-refractivity contribution in [3.05, 3.63) is 52.4 Å².